The van der Waals surface area contributed by atoms with Gasteiger partial charge in [0, 0.05) is 18.4 Å². The normalized spacial score (nSPS) is 12.4. The SMILES string of the molecule is CCC(Oc1cc(-c2ccccc2S(C)(=O)=O)ccc1CCNS(=O)(=O)c1cc(C#N)ccc1OC)C(=O)O. The Labute approximate surface area is 227 Å². The van der Waals surface area contributed by atoms with Gasteiger partial charge in [-0.3, -0.25) is 0 Å². The van der Waals surface area contributed by atoms with E-state index in [0.29, 0.717) is 16.7 Å². The number of nitriles is 1. The van der Waals surface area contributed by atoms with Crippen molar-refractivity contribution in [3.05, 3.63) is 71.8 Å². The minimum absolute atomic E-state index is 0.0756. The first-order valence-electron chi connectivity index (χ1n) is 11.8. The molecule has 0 radical (unpaired) electrons. The number of ether oxygens (including phenoxy) is 2. The number of rotatable bonds is 12. The van der Waals surface area contributed by atoms with Crippen molar-refractivity contribution in [3.63, 3.8) is 0 Å². The molecule has 0 aliphatic carbocycles. The van der Waals surface area contributed by atoms with E-state index in [4.69, 9.17) is 14.7 Å². The summed E-state index contributed by atoms with van der Waals surface area (Å²) < 4.78 is 64.0. The molecule has 0 heterocycles. The van der Waals surface area contributed by atoms with Crippen LogP contribution in [-0.2, 0) is 31.1 Å². The second-order valence-electron chi connectivity index (χ2n) is 8.57. The summed E-state index contributed by atoms with van der Waals surface area (Å²) in [5.41, 5.74) is 1.57. The highest BCUT2D eigenvalue weighted by Gasteiger charge is 2.23. The number of nitrogens with one attached hydrogen (secondary N) is 1. The maximum atomic E-state index is 13.0. The van der Waals surface area contributed by atoms with E-state index in [0.717, 1.165) is 6.26 Å². The Hall–Kier alpha value is -3.92. The second-order valence-corrected chi connectivity index (χ2v) is 12.3. The standard InChI is InChI=1S/C27H28N2O8S2/c1-4-22(27(30)31)37-24-16-20(21-7-5-6-8-25(21)38(3,32)33)11-10-19(24)13-14-29-39(34,35)26-15-18(17-28)9-12-23(26)36-2/h5-12,15-16,22,29H,4,13-14H2,1-3H3,(H,30,31). The van der Waals surface area contributed by atoms with Crippen LogP contribution in [0.3, 0.4) is 0 Å². The third-order valence-electron chi connectivity index (χ3n) is 5.85. The van der Waals surface area contributed by atoms with Crippen molar-refractivity contribution >= 4 is 25.8 Å². The molecular formula is C27H28N2O8S2. The van der Waals surface area contributed by atoms with Gasteiger partial charge in [0.2, 0.25) is 10.0 Å². The van der Waals surface area contributed by atoms with Gasteiger partial charge in [0.05, 0.1) is 23.6 Å². The molecule has 0 saturated carbocycles. The van der Waals surface area contributed by atoms with Crippen LogP contribution < -0.4 is 14.2 Å². The van der Waals surface area contributed by atoms with E-state index in [1.807, 2.05) is 6.07 Å². The summed E-state index contributed by atoms with van der Waals surface area (Å²) in [6, 6.07) is 17.2. The molecule has 12 heteroatoms. The molecule has 3 rings (SSSR count). The molecule has 206 valence electrons. The van der Waals surface area contributed by atoms with Gasteiger partial charge in [-0.15, -0.1) is 0 Å². The third-order valence-corrected chi connectivity index (χ3v) is 8.49. The van der Waals surface area contributed by atoms with Crippen molar-refractivity contribution in [1.82, 2.24) is 4.72 Å². The summed E-state index contributed by atoms with van der Waals surface area (Å²) in [6.07, 6.45) is 0.223. The molecule has 0 saturated heterocycles. The zero-order valence-electron chi connectivity index (χ0n) is 21.5. The van der Waals surface area contributed by atoms with E-state index in [2.05, 4.69) is 4.72 Å². The monoisotopic (exact) mass is 572 g/mol. The smallest absolute Gasteiger partial charge is 0.344 e. The molecular weight excluding hydrogens is 544 g/mol. The predicted molar refractivity (Wildman–Crippen MR) is 144 cm³/mol. The van der Waals surface area contributed by atoms with Crippen LogP contribution in [0.1, 0.15) is 24.5 Å². The number of carbonyl (C=O) groups is 1. The molecule has 0 amide bonds. The van der Waals surface area contributed by atoms with Gasteiger partial charge in [-0.25, -0.2) is 26.4 Å². The highest BCUT2D eigenvalue weighted by molar-refractivity contribution is 7.91. The number of sulfonamides is 1. The zero-order chi connectivity index (χ0) is 28.8. The lowest BCUT2D eigenvalue weighted by Crippen LogP contribution is -2.28. The lowest BCUT2D eigenvalue weighted by Gasteiger charge is -2.19. The Morgan fingerprint density at radius 1 is 1.03 bits per heavy atom. The number of carboxylic acids is 1. The molecule has 3 aromatic rings. The van der Waals surface area contributed by atoms with Gasteiger partial charge in [-0.1, -0.05) is 37.3 Å². The molecule has 39 heavy (non-hydrogen) atoms. The van der Waals surface area contributed by atoms with Crippen LogP contribution in [0.25, 0.3) is 11.1 Å². The van der Waals surface area contributed by atoms with E-state index in [-0.39, 0.29) is 46.2 Å². The van der Waals surface area contributed by atoms with Crippen LogP contribution >= 0.6 is 0 Å². The second kappa shape index (κ2) is 12.3. The van der Waals surface area contributed by atoms with E-state index >= 15 is 0 Å². The van der Waals surface area contributed by atoms with Gasteiger partial charge in [0.15, 0.2) is 15.9 Å². The Balaban J connectivity index is 1.95. The zero-order valence-corrected chi connectivity index (χ0v) is 23.2. The molecule has 0 fully saturated rings. The van der Waals surface area contributed by atoms with Crippen LogP contribution in [0.4, 0.5) is 0 Å². The first-order valence-corrected chi connectivity index (χ1v) is 15.2. The molecule has 3 aromatic carbocycles. The predicted octanol–water partition coefficient (Wildman–Crippen LogP) is 3.40. The quantitative estimate of drug-likeness (QED) is 0.331. The molecule has 10 nitrogen and oxygen atoms in total. The van der Waals surface area contributed by atoms with E-state index in [1.54, 1.807) is 43.3 Å². The van der Waals surface area contributed by atoms with Crippen molar-refractivity contribution in [1.29, 1.82) is 5.26 Å². The average Bonchev–Trinajstić information content (AvgIpc) is 2.91. The number of hydrogen-bond donors (Lipinski definition) is 2. The van der Waals surface area contributed by atoms with Gasteiger partial charge >= 0.3 is 5.97 Å². The van der Waals surface area contributed by atoms with E-state index < -0.39 is 31.9 Å². The average molecular weight is 573 g/mol. The van der Waals surface area contributed by atoms with Crippen molar-refractivity contribution in [2.75, 3.05) is 19.9 Å². The van der Waals surface area contributed by atoms with Crippen molar-refractivity contribution < 1.29 is 36.2 Å². The number of aliphatic carboxylic acids is 1. The molecule has 0 spiro atoms. The topological polar surface area (TPSA) is 160 Å². The Kier molecular flexibility index (Phi) is 9.34. The van der Waals surface area contributed by atoms with E-state index in [9.17, 15) is 26.7 Å². The number of carboxylic acid groups (broad SMARTS) is 1. The van der Waals surface area contributed by atoms with Crippen LogP contribution in [-0.4, -0.2) is 53.9 Å². The number of benzene rings is 3. The van der Waals surface area contributed by atoms with Crippen LogP contribution in [0, 0.1) is 11.3 Å². The maximum absolute atomic E-state index is 13.0. The molecule has 1 unspecified atom stereocenters. The van der Waals surface area contributed by atoms with Gasteiger partial charge in [0.25, 0.3) is 0 Å². The van der Waals surface area contributed by atoms with Crippen molar-refractivity contribution in [3.8, 4) is 28.7 Å². The van der Waals surface area contributed by atoms with Gasteiger partial charge in [0.1, 0.15) is 16.4 Å². The van der Waals surface area contributed by atoms with Gasteiger partial charge in [-0.2, -0.15) is 5.26 Å². The molecule has 1 atom stereocenters. The number of sulfone groups is 1. The summed E-state index contributed by atoms with van der Waals surface area (Å²) >= 11 is 0. The van der Waals surface area contributed by atoms with Crippen LogP contribution in [0.5, 0.6) is 11.5 Å². The summed E-state index contributed by atoms with van der Waals surface area (Å²) in [5, 5.41) is 18.7. The molecule has 0 bridgehead atoms. The lowest BCUT2D eigenvalue weighted by molar-refractivity contribution is -0.145. The summed E-state index contributed by atoms with van der Waals surface area (Å²) in [7, 11) is -6.30. The number of nitrogens with zero attached hydrogens (tertiary/aromatic N) is 1. The largest absolute Gasteiger partial charge is 0.495 e. The fourth-order valence-corrected chi connectivity index (χ4v) is 6.02. The lowest BCUT2D eigenvalue weighted by atomic mass is 10.0. The minimum Gasteiger partial charge on any atom is -0.495 e. The summed E-state index contributed by atoms with van der Waals surface area (Å²) in [5.74, 6) is -0.907. The Morgan fingerprint density at radius 3 is 2.36 bits per heavy atom. The van der Waals surface area contributed by atoms with Crippen molar-refractivity contribution in [2.45, 2.75) is 35.7 Å². The highest BCUT2D eigenvalue weighted by Crippen LogP contribution is 2.33. The van der Waals surface area contributed by atoms with E-state index in [1.165, 1.54) is 31.4 Å². The first kappa shape index (κ1) is 29.6. The fraction of sp³-hybridized carbons (Fsp3) is 0.259. The Bertz CT molecular complexity index is 1630. The van der Waals surface area contributed by atoms with Gasteiger partial charge < -0.3 is 14.6 Å². The van der Waals surface area contributed by atoms with Crippen LogP contribution in [0.2, 0.25) is 0 Å². The third kappa shape index (κ3) is 7.14. The maximum Gasteiger partial charge on any atom is 0.344 e. The first-order chi connectivity index (χ1) is 18.4. The molecule has 0 aliphatic heterocycles. The van der Waals surface area contributed by atoms with Crippen LogP contribution in [0.15, 0.2) is 70.5 Å². The molecule has 2 N–H and O–H groups in total. The van der Waals surface area contributed by atoms with Crippen molar-refractivity contribution in [2.24, 2.45) is 0 Å². The molecule has 0 aliphatic rings. The number of methoxy groups -OCH3 is 1. The summed E-state index contributed by atoms with van der Waals surface area (Å²) in [4.78, 5) is 11.6. The summed E-state index contributed by atoms with van der Waals surface area (Å²) in [6.45, 7) is 1.57. The fourth-order valence-electron chi connectivity index (χ4n) is 3.88. The van der Waals surface area contributed by atoms with Gasteiger partial charge in [-0.05, 0) is 54.3 Å². The molecule has 0 aromatic heterocycles. The number of hydrogen-bond acceptors (Lipinski definition) is 8. The minimum atomic E-state index is -4.06. The Morgan fingerprint density at radius 2 is 1.74 bits per heavy atom. The highest BCUT2D eigenvalue weighted by atomic mass is 32.2.